The number of benzene rings is 1. The number of aromatic nitrogens is 4. The lowest BCUT2D eigenvalue weighted by Gasteiger charge is -2.22. The molecule has 11 nitrogen and oxygen atoms in total. The fraction of sp³-hybridized carbons (Fsp3) is 0.190. The fourth-order valence-electron chi connectivity index (χ4n) is 3.41. The van der Waals surface area contributed by atoms with Crippen LogP contribution in [-0.2, 0) is 9.63 Å². The van der Waals surface area contributed by atoms with E-state index >= 15 is 4.39 Å². The molecule has 1 amide bonds. The molecule has 3 aromatic heterocycles. The molecule has 0 saturated heterocycles. The van der Waals surface area contributed by atoms with Gasteiger partial charge in [-0.25, -0.2) is 9.18 Å². The Labute approximate surface area is 198 Å². The Kier molecular flexibility index (Phi) is 6.22. The molecule has 36 heavy (non-hydrogen) atoms. The van der Waals surface area contributed by atoms with E-state index in [4.69, 9.17) is 16.0 Å². The summed E-state index contributed by atoms with van der Waals surface area (Å²) in [6.45, 7) is 1.16. The normalized spacial score (nSPS) is 11.6. The van der Waals surface area contributed by atoms with Crippen LogP contribution in [0.15, 0.2) is 35.2 Å². The number of rotatable bonds is 5. The average Bonchev–Trinajstić information content (AvgIpc) is 3.48. The smallest absolute Gasteiger partial charge is 0.398 e. The van der Waals surface area contributed by atoms with Crippen LogP contribution in [0.2, 0.25) is 0 Å². The Morgan fingerprint density at radius 2 is 1.94 bits per heavy atom. The first-order chi connectivity index (χ1) is 17.0. The number of halogens is 4. The van der Waals surface area contributed by atoms with Crippen LogP contribution in [-0.4, -0.2) is 50.0 Å². The molecule has 4 rings (SSSR count). The van der Waals surface area contributed by atoms with Gasteiger partial charge >= 0.3 is 12.1 Å². The van der Waals surface area contributed by atoms with E-state index in [1.54, 1.807) is 6.20 Å². The SMILES string of the molecule is CCCN(OC(=O)C(F)(F)F)C(=O)c1cc(-c2ncc(-c3cn[nH]c3)c3onc(N)c23)c(F)cc1N. The summed E-state index contributed by atoms with van der Waals surface area (Å²) >= 11 is 0. The minimum Gasteiger partial charge on any atom is -0.398 e. The Hall–Kier alpha value is -4.69. The van der Waals surface area contributed by atoms with Crippen LogP contribution in [0.25, 0.3) is 33.4 Å². The number of carbonyl (C=O) groups excluding carboxylic acids is 2. The number of aromatic amines is 1. The molecule has 0 spiro atoms. The van der Waals surface area contributed by atoms with Gasteiger partial charge in [0.2, 0.25) is 0 Å². The van der Waals surface area contributed by atoms with E-state index < -0.39 is 35.1 Å². The van der Waals surface area contributed by atoms with Gasteiger partial charge in [0.15, 0.2) is 11.4 Å². The minimum absolute atomic E-state index is 0.0723. The van der Waals surface area contributed by atoms with Crippen LogP contribution >= 0.6 is 0 Å². The van der Waals surface area contributed by atoms with Gasteiger partial charge in [0, 0.05) is 34.8 Å². The van der Waals surface area contributed by atoms with Gasteiger partial charge in [-0.1, -0.05) is 12.1 Å². The molecule has 0 unspecified atom stereocenters. The number of H-pyrrole nitrogens is 1. The van der Waals surface area contributed by atoms with Crippen molar-refractivity contribution < 1.29 is 36.5 Å². The number of nitrogens with two attached hydrogens (primary N) is 2. The number of alkyl halides is 3. The monoisotopic (exact) mass is 507 g/mol. The summed E-state index contributed by atoms with van der Waals surface area (Å²) in [6.07, 6.45) is -0.817. The molecule has 4 aromatic rings. The van der Waals surface area contributed by atoms with E-state index in [1.165, 1.54) is 19.3 Å². The number of nitrogen functional groups attached to an aromatic ring is 2. The fourth-order valence-corrected chi connectivity index (χ4v) is 3.41. The number of hydroxylamine groups is 2. The van der Waals surface area contributed by atoms with Gasteiger partial charge in [-0.3, -0.25) is 14.9 Å². The number of amides is 1. The molecule has 0 aliphatic rings. The number of hydrogen-bond donors (Lipinski definition) is 3. The molecule has 0 atom stereocenters. The second kappa shape index (κ2) is 9.16. The highest BCUT2D eigenvalue weighted by Crippen LogP contribution is 2.38. The number of hydrogen-bond acceptors (Lipinski definition) is 9. The second-order valence-electron chi connectivity index (χ2n) is 7.48. The Balaban J connectivity index is 1.82. The summed E-state index contributed by atoms with van der Waals surface area (Å²) < 4.78 is 58.4. The van der Waals surface area contributed by atoms with Gasteiger partial charge in [-0.05, 0) is 18.6 Å². The van der Waals surface area contributed by atoms with Crippen molar-refractivity contribution in [3.05, 3.63) is 42.1 Å². The quantitative estimate of drug-likeness (QED) is 0.208. The van der Waals surface area contributed by atoms with Crippen molar-refractivity contribution in [2.24, 2.45) is 0 Å². The summed E-state index contributed by atoms with van der Waals surface area (Å²) in [5.74, 6) is -4.84. The van der Waals surface area contributed by atoms with Crippen LogP contribution in [0.1, 0.15) is 23.7 Å². The van der Waals surface area contributed by atoms with Crippen LogP contribution in [0.3, 0.4) is 0 Å². The molecule has 0 aliphatic heterocycles. The summed E-state index contributed by atoms with van der Waals surface area (Å²) in [4.78, 5) is 32.8. The number of pyridine rings is 1. The number of nitrogens with zero attached hydrogens (tertiary/aromatic N) is 4. The molecule has 0 radical (unpaired) electrons. The largest absolute Gasteiger partial charge is 0.493 e. The van der Waals surface area contributed by atoms with Crippen molar-refractivity contribution >= 4 is 34.4 Å². The van der Waals surface area contributed by atoms with Crippen molar-refractivity contribution in [1.82, 2.24) is 25.4 Å². The standard InChI is InChI=1S/C21H17F4N7O4/c1-2-3-32(36-20(34)21(23,24)25)19(33)11-4-10(13(22)5-14(11)26)16-15-17(35-31-18(15)27)12(8-28-16)9-6-29-30-7-9/h4-8H,2-3,26H2,1H3,(H2,27,31)(H,29,30). The van der Waals surface area contributed by atoms with E-state index in [9.17, 15) is 22.8 Å². The zero-order valence-corrected chi connectivity index (χ0v) is 18.4. The van der Waals surface area contributed by atoms with E-state index in [1.807, 2.05) is 0 Å². The minimum atomic E-state index is -5.34. The van der Waals surface area contributed by atoms with E-state index in [0.29, 0.717) is 11.1 Å². The summed E-state index contributed by atoms with van der Waals surface area (Å²) in [6, 6.07) is 1.77. The van der Waals surface area contributed by atoms with Crippen LogP contribution in [0.5, 0.6) is 0 Å². The van der Waals surface area contributed by atoms with Crippen LogP contribution < -0.4 is 11.5 Å². The van der Waals surface area contributed by atoms with E-state index in [-0.39, 0.29) is 46.1 Å². The zero-order valence-electron chi connectivity index (χ0n) is 18.4. The van der Waals surface area contributed by atoms with Gasteiger partial charge in [0.05, 0.1) is 29.4 Å². The van der Waals surface area contributed by atoms with Gasteiger partial charge < -0.3 is 20.8 Å². The maximum absolute atomic E-state index is 15.0. The first kappa shape index (κ1) is 24.4. The molecule has 1 aromatic carbocycles. The predicted octanol–water partition coefficient (Wildman–Crippen LogP) is 3.46. The molecule has 5 N–H and O–H groups in total. The first-order valence-corrected chi connectivity index (χ1v) is 10.3. The lowest BCUT2D eigenvalue weighted by atomic mass is 10.00. The Morgan fingerprint density at radius 1 is 1.19 bits per heavy atom. The molecule has 15 heteroatoms. The van der Waals surface area contributed by atoms with Gasteiger partial charge in [0.25, 0.3) is 5.91 Å². The van der Waals surface area contributed by atoms with Crippen molar-refractivity contribution in [1.29, 1.82) is 0 Å². The predicted molar refractivity (Wildman–Crippen MR) is 117 cm³/mol. The third-order valence-corrected chi connectivity index (χ3v) is 5.03. The molecule has 3 heterocycles. The summed E-state index contributed by atoms with van der Waals surface area (Å²) in [5, 5.41) is 10.5. The molecule has 188 valence electrons. The van der Waals surface area contributed by atoms with Gasteiger partial charge in [-0.15, -0.1) is 0 Å². The maximum atomic E-state index is 15.0. The van der Waals surface area contributed by atoms with E-state index in [2.05, 4.69) is 25.2 Å². The lowest BCUT2D eigenvalue weighted by molar-refractivity contribution is -0.228. The molecule has 0 fully saturated rings. The lowest BCUT2D eigenvalue weighted by Crippen LogP contribution is -2.39. The van der Waals surface area contributed by atoms with Crippen molar-refractivity contribution in [3.8, 4) is 22.4 Å². The molecular weight excluding hydrogens is 490 g/mol. The second-order valence-corrected chi connectivity index (χ2v) is 7.48. The summed E-state index contributed by atoms with van der Waals surface area (Å²) in [5.41, 5.74) is 11.7. The number of anilines is 2. The first-order valence-electron chi connectivity index (χ1n) is 10.3. The molecule has 0 saturated carbocycles. The van der Waals surface area contributed by atoms with Crippen molar-refractivity contribution in [2.45, 2.75) is 19.5 Å². The van der Waals surface area contributed by atoms with Crippen molar-refractivity contribution in [2.75, 3.05) is 18.0 Å². The number of fused-ring (bicyclic) bond motifs is 1. The third kappa shape index (κ3) is 4.37. The molecular formula is C21H17F4N7O4. The van der Waals surface area contributed by atoms with Gasteiger partial charge in [-0.2, -0.15) is 23.3 Å². The highest BCUT2D eigenvalue weighted by Gasteiger charge is 2.43. The molecule has 0 bridgehead atoms. The highest BCUT2D eigenvalue weighted by atomic mass is 19.4. The van der Waals surface area contributed by atoms with Gasteiger partial charge in [0.1, 0.15) is 5.82 Å². The Bertz CT molecular complexity index is 1450. The van der Waals surface area contributed by atoms with E-state index in [0.717, 1.165) is 12.1 Å². The average molecular weight is 507 g/mol. The number of nitrogens with one attached hydrogen (secondary N) is 1. The summed E-state index contributed by atoms with van der Waals surface area (Å²) in [7, 11) is 0. The molecule has 0 aliphatic carbocycles. The Morgan fingerprint density at radius 3 is 2.58 bits per heavy atom. The van der Waals surface area contributed by atoms with Crippen molar-refractivity contribution in [3.63, 3.8) is 0 Å². The third-order valence-electron chi connectivity index (χ3n) is 5.03. The highest BCUT2D eigenvalue weighted by molar-refractivity contribution is 6.06. The number of carbonyl (C=O) groups is 2. The topological polar surface area (TPSA) is 166 Å². The van der Waals surface area contributed by atoms with Crippen LogP contribution in [0, 0.1) is 5.82 Å². The zero-order chi connectivity index (χ0) is 26.2. The van der Waals surface area contributed by atoms with Crippen LogP contribution in [0.4, 0.5) is 29.1 Å². The maximum Gasteiger partial charge on any atom is 0.493 e.